The van der Waals surface area contributed by atoms with Gasteiger partial charge in [0.1, 0.15) is 5.75 Å². The minimum absolute atomic E-state index is 0.136. The Hall–Kier alpha value is -1.69. The number of benzene rings is 1. The SMILES string of the molecule is COc1cccc(CSCC(=O)N2CCNC2=O)c1. The third-order valence-electron chi connectivity index (χ3n) is 2.79. The number of amides is 3. The molecular formula is C13H16N2O3S. The molecule has 102 valence electrons. The van der Waals surface area contributed by atoms with Crippen LogP contribution in [0.5, 0.6) is 5.75 Å². The smallest absolute Gasteiger partial charge is 0.324 e. The van der Waals surface area contributed by atoms with Crippen molar-refractivity contribution in [3.8, 4) is 5.75 Å². The number of methoxy groups -OCH3 is 1. The molecule has 1 aromatic rings. The largest absolute Gasteiger partial charge is 0.497 e. The van der Waals surface area contributed by atoms with Crippen molar-refractivity contribution in [2.45, 2.75) is 5.75 Å². The van der Waals surface area contributed by atoms with E-state index in [0.717, 1.165) is 17.1 Å². The van der Waals surface area contributed by atoms with Gasteiger partial charge in [-0.2, -0.15) is 0 Å². The first kappa shape index (κ1) is 13.7. The Labute approximate surface area is 116 Å². The molecule has 1 saturated heterocycles. The zero-order valence-electron chi connectivity index (χ0n) is 10.7. The van der Waals surface area contributed by atoms with Gasteiger partial charge in [-0.1, -0.05) is 12.1 Å². The maximum absolute atomic E-state index is 11.8. The van der Waals surface area contributed by atoms with Gasteiger partial charge in [0.15, 0.2) is 0 Å². The van der Waals surface area contributed by atoms with Crippen LogP contribution in [0.4, 0.5) is 4.79 Å². The van der Waals surface area contributed by atoms with Crippen LogP contribution in [0.25, 0.3) is 0 Å². The Morgan fingerprint density at radius 3 is 3.05 bits per heavy atom. The van der Waals surface area contributed by atoms with Crippen LogP contribution in [-0.4, -0.2) is 42.8 Å². The third-order valence-corrected chi connectivity index (χ3v) is 3.77. The predicted octanol–water partition coefficient (Wildman–Crippen LogP) is 1.48. The summed E-state index contributed by atoms with van der Waals surface area (Å²) in [5.74, 6) is 1.70. The van der Waals surface area contributed by atoms with Gasteiger partial charge in [0, 0.05) is 18.8 Å². The van der Waals surface area contributed by atoms with Crippen molar-refractivity contribution in [2.75, 3.05) is 26.0 Å². The van der Waals surface area contributed by atoms with Crippen LogP contribution in [0.3, 0.4) is 0 Å². The van der Waals surface area contributed by atoms with Crippen molar-refractivity contribution in [1.29, 1.82) is 0 Å². The molecule has 0 saturated carbocycles. The molecule has 0 bridgehead atoms. The van der Waals surface area contributed by atoms with Crippen LogP contribution in [0.2, 0.25) is 0 Å². The molecule has 3 amide bonds. The standard InChI is InChI=1S/C13H16N2O3S/c1-18-11-4-2-3-10(7-11)8-19-9-12(16)15-6-5-14-13(15)17/h2-4,7H,5-6,8-9H2,1H3,(H,14,17). The summed E-state index contributed by atoms with van der Waals surface area (Å²) in [7, 11) is 1.63. The number of hydrogen-bond donors (Lipinski definition) is 1. The lowest BCUT2D eigenvalue weighted by Crippen LogP contribution is -2.35. The number of nitrogens with zero attached hydrogens (tertiary/aromatic N) is 1. The van der Waals surface area contributed by atoms with E-state index in [2.05, 4.69) is 5.32 Å². The Morgan fingerprint density at radius 2 is 2.37 bits per heavy atom. The monoisotopic (exact) mass is 280 g/mol. The summed E-state index contributed by atoms with van der Waals surface area (Å²) in [5, 5.41) is 2.61. The highest BCUT2D eigenvalue weighted by molar-refractivity contribution is 7.99. The second-order valence-electron chi connectivity index (χ2n) is 4.12. The third kappa shape index (κ3) is 3.64. The molecule has 1 aromatic carbocycles. The molecular weight excluding hydrogens is 264 g/mol. The first-order valence-corrected chi connectivity index (χ1v) is 7.15. The fourth-order valence-corrected chi connectivity index (χ4v) is 2.65. The molecule has 5 nitrogen and oxygen atoms in total. The summed E-state index contributed by atoms with van der Waals surface area (Å²) < 4.78 is 5.14. The molecule has 0 aliphatic carbocycles. The Bertz CT molecular complexity index is 479. The maximum atomic E-state index is 11.8. The second-order valence-corrected chi connectivity index (χ2v) is 5.11. The van der Waals surface area contributed by atoms with E-state index in [1.807, 2.05) is 24.3 Å². The Morgan fingerprint density at radius 1 is 1.53 bits per heavy atom. The van der Waals surface area contributed by atoms with Crippen LogP contribution in [0.1, 0.15) is 5.56 Å². The highest BCUT2D eigenvalue weighted by Crippen LogP contribution is 2.18. The second kappa shape index (κ2) is 6.47. The van der Waals surface area contributed by atoms with Crippen LogP contribution < -0.4 is 10.1 Å². The van der Waals surface area contributed by atoms with E-state index in [9.17, 15) is 9.59 Å². The van der Waals surface area contributed by atoms with E-state index in [-0.39, 0.29) is 11.9 Å². The number of hydrogen-bond acceptors (Lipinski definition) is 4. The molecule has 0 aromatic heterocycles. The number of imide groups is 1. The zero-order valence-corrected chi connectivity index (χ0v) is 11.5. The molecule has 6 heteroatoms. The molecule has 1 aliphatic rings. The lowest BCUT2D eigenvalue weighted by molar-refractivity contribution is -0.124. The van der Waals surface area contributed by atoms with Crippen LogP contribution in [0.15, 0.2) is 24.3 Å². The van der Waals surface area contributed by atoms with E-state index < -0.39 is 0 Å². The number of thioether (sulfide) groups is 1. The minimum Gasteiger partial charge on any atom is -0.497 e. The minimum atomic E-state index is -0.285. The molecule has 0 atom stereocenters. The summed E-state index contributed by atoms with van der Waals surface area (Å²) in [6.07, 6.45) is 0. The summed E-state index contributed by atoms with van der Waals surface area (Å²) in [6, 6.07) is 7.45. The van der Waals surface area contributed by atoms with E-state index in [1.165, 1.54) is 16.7 Å². The van der Waals surface area contributed by atoms with Gasteiger partial charge in [0.25, 0.3) is 0 Å². The summed E-state index contributed by atoms with van der Waals surface area (Å²) >= 11 is 1.50. The number of urea groups is 1. The molecule has 1 aliphatic heterocycles. The Balaban J connectivity index is 1.79. The van der Waals surface area contributed by atoms with E-state index in [4.69, 9.17) is 4.74 Å². The lowest BCUT2D eigenvalue weighted by Gasteiger charge is -2.11. The Kier molecular flexibility index (Phi) is 4.68. The molecule has 0 radical (unpaired) electrons. The average molecular weight is 280 g/mol. The highest BCUT2D eigenvalue weighted by atomic mass is 32.2. The van der Waals surface area contributed by atoms with Gasteiger partial charge >= 0.3 is 6.03 Å². The van der Waals surface area contributed by atoms with Crippen LogP contribution in [0, 0.1) is 0 Å². The van der Waals surface area contributed by atoms with Gasteiger partial charge in [0.05, 0.1) is 12.9 Å². The molecule has 1 N–H and O–H groups in total. The molecule has 1 heterocycles. The van der Waals surface area contributed by atoms with Crippen LogP contribution in [-0.2, 0) is 10.5 Å². The first-order chi connectivity index (χ1) is 9.20. The predicted molar refractivity (Wildman–Crippen MR) is 74.3 cm³/mol. The highest BCUT2D eigenvalue weighted by Gasteiger charge is 2.25. The van der Waals surface area contributed by atoms with E-state index >= 15 is 0 Å². The normalized spacial score (nSPS) is 14.4. The maximum Gasteiger partial charge on any atom is 0.324 e. The first-order valence-electron chi connectivity index (χ1n) is 5.99. The van der Waals surface area contributed by atoms with Crippen molar-refractivity contribution >= 4 is 23.7 Å². The number of rotatable bonds is 5. The van der Waals surface area contributed by atoms with Gasteiger partial charge in [-0.15, -0.1) is 11.8 Å². The van der Waals surface area contributed by atoms with Crippen molar-refractivity contribution < 1.29 is 14.3 Å². The zero-order chi connectivity index (χ0) is 13.7. The molecule has 2 rings (SSSR count). The van der Waals surface area contributed by atoms with E-state index in [0.29, 0.717) is 18.8 Å². The quantitative estimate of drug-likeness (QED) is 0.887. The number of ether oxygens (including phenoxy) is 1. The van der Waals surface area contributed by atoms with Gasteiger partial charge in [-0.3, -0.25) is 9.69 Å². The van der Waals surface area contributed by atoms with Gasteiger partial charge in [0.2, 0.25) is 5.91 Å². The topological polar surface area (TPSA) is 58.6 Å². The van der Waals surface area contributed by atoms with Crippen molar-refractivity contribution in [3.63, 3.8) is 0 Å². The number of carbonyl (C=O) groups is 2. The summed E-state index contributed by atoms with van der Waals surface area (Å²) in [4.78, 5) is 24.4. The fourth-order valence-electron chi connectivity index (χ4n) is 1.81. The molecule has 1 fully saturated rings. The number of nitrogens with one attached hydrogen (secondary N) is 1. The van der Waals surface area contributed by atoms with E-state index in [1.54, 1.807) is 7.11 Å². The van der Waals surface area contributed by atoms with Gasteiger partial charge in [-0.05, 0) is 17.7 Å². The summed E-state index contributed by atoms with van der Waals surface area (Å²) in [5.41, 5.74) is 1.10. The van der Waals surface area contributed by atoms with Crippen molar-refractivity contribution in [2.24, 2.45) is 0 Å². The van der Waals surface area contributed by atoms with Crippen LogP contribution >= 0.6 is 11.8 Å². The van der Waals surface area contributed by atoms with Gasteiger partial charge < -0.3 is 10.1 Å². The van der Waals surface area contributed by atoms with Gasteiger partial charge in [-0.25, -0.2) is 4.79 Å². The average Bonchev–Trinajstić information content (AvgIpc) is 2.85. The summed E-state index contributed by atoms with van der Waals surface area (Å²) in [6.45, 7) is 1.02. The molecule has 0 spiro atoms. The lowest BCUT2D eigenvalue weighted by atomic mass is 10.2. The number of carbonyl (C=O) groups excluding carboxylic acids is 2. The van der Waals surface area contributed by atoms with Crippen molar-refractivity contribution in [3.05, 3.63) is 29.8 Å². The fraction of sp³-hybridized carbons (Fsp3) is 0.385. The van der Waals surface area contributed by atoms with Crippen molar-refractivity contribution in [1.82, 2.24) is 10.2 Å². The molecule has 0 unspecified atom stereocenters. The molecule has 19 heavy (non-hydrogen) atoms.